The maximum Gasteiger partial charge on any atom is 0.328 e. The molecule has 2 amide bonds. The number of morpholine rings is 1. The molecule has 0 aromatic rings. The van der Waals surface area contributed by atoms with Crippen LogP contribution >= 0.6 is 0 Å². The number of aliphatic hydroxyl groups is 1. The van der Waals surface area contributed by atoms with E-state index in [0.29, 0.717) is 13.1 Å². The lowest BCUT2D eigenvalue weighted by molar-refractivity contribution is -0.170. The highest BCUT2D eigenvalue weighted by molar-refractivity contribution is 5.83. The van der Waals surface area contributed by atoms with Gasteiger partial charge in [0.2, 0.25) is 0 Å². The van der Waals surface area contributed by atoms with E-state index in [4.69, 9.17) is 9.84 Å². The van der Waals surface area contributed by atoms with Gasteiger partial charge in [-0.3, -0.25) is 0 Å². The van der Waals surface area contributed by atoms with Crippen LogP contribution in [0.3, 0.4) is 0 Å². The Labute approximate surface area is 118 Å². The van der Waals surface area contributed by atoms with Crippen LogP contribution in [0.15, 0.2) is 0 Å². The molecule has 1 heterocycles. The number of nitrogens with one attached hydrogen (secondary N) is 1. The van der Waals surface area contributed by atoms with Crippen molar-refractivity contribution in [3.8, 4) is 0 Å². The van der Waals surface area contributed by atoms with Crippen LogP contribution in [-0.4, -0.2) is 63.6 Å². The molecule has 1 saturated heterocycles. The van der Waals surface area contributed by atoms with Gasteiger partial charge in [0.25, 0.3) is 0 Å². The molecule has 0 aliphatic carbocycles. The molecule has 1 aliphatic rings. The number of carboxylic acid groups (broad SMARTS) is 1. The number of carbonyl (C=O) groups excluding carboxylic acids is 1. The summed E-state index contributed by atoms with van der Waals surface area (Å²) in [4.78, 5) is 24.7. The zero-order valence-electron chi connectivity index (χ0n) is 12.6. The number of rotatable bonds is 3. The molecule has 2 atom stereocenters. The summed E-state index contributed by atoms with van der Waals surface area (Å²) in [5.41, 5.74) is -1.02. The van der Waals surface area contributed by atoms with Gasteiger partial charge in [0.15, 0.2) is 6.04 Å². The molecular formula is C13H24N2O5. The first-order chi connectivity index (χ1) is 8.93. The number of carbonyl (C=O) groups is 2. The summed E-state index contributed by atoms with van der Waals surface area (Å²) in [5, 5.41) is 20.7. The van der Waals surface area contributed by atoms with Crippen LogP contribution in [0.2, 0.25) is 0 Å². The van der Waals surface area contributed by atoms with E-state index >= 15 is 0 Å². The molecule has 1 aliphatic heterocycles. The van der Waals surface area contributed by atoms with Crippen LogP contribution in [0.5, 0.6) is 0 Å². The third-order valence-corrected chi connectivity index (χ3v) is 3.01. The van der Waals surface area contributed by atoms with Crippen molar-refractivity contribution in [1.82, 2.24) is 10.2 Å². The van der Waals surface area contributed by atoms with Gasteiger partial charge in [-0.15, -0.1) is 0 Å². The molecule has 1 rings (SSSR count). The first-order valence-electron chi connectivity index (χ1n) is 6.60. The van der Waals surface area contributed by atoms with Crippen molar-refractivity contribution in [2.24, 2.45) is 0 Å². The Morgan fingerprint density at radius 3 is 2.00 bits per heavy atom. The quantitative estimate of drug-likeness (QED) is 0.699. The predicted molar refractivity (Wildman–Crippen MR) is 72.5 cm³/mol. The van der Waals surface area contributed by atoms with Crippen LogP contribution in [0.25, 0.3) is 0 Å². The SMILES string of the molecule is C[C@@H](O)[C@H](NC(=O)N1CC(C)(C)OC(C)(C)C1)C(=O)O. The van der Waals surface area contributed by atoms with Gasteiger partial charge in [0, 0.05) is 0 Å². The number of amides is 2. The van der Waals surface area contributed by atoms with Crippen molar-refractivity contribution in [3.05, 3.63) is 0 Å². The van der Waals surface area contributed by atoms with E-state index in [0.717, 1.165) is 0 Å². The third-order valence-electron chi connectivity index (χ3n) is 3.01. The van der Waals surface area contributed by atoms with Crippen LogP contribution in [0.4, 0.5) is 4.79 Å². The van der Waals surface area contributed by atoms with Crippen molar-refractivity contribution < 1.29 is 24.5 Å². The number of hydrogen-bond donors (Lipinski definition) is 3. The Morgan fingerprint density at radius 1 is 1.20 bits per heavy atom. The van der Waals surface area contributed by atoms with E-state index in [9.17, 15) is 14.7 Å². The van der Waals surface area contributed by atoms with Crippen LogP contribution < -0.4 is 5.32 Å². The van der Waals surface area contributed by atoms with Crippen molar-refractivity contribution in [1.29, 1.82) is 0 Å². The largest absolute Gasteiger partial charge is 0.480 e. The summed E-state index contributed by atoms with van der Waals surface area (Å²) in [6.45, 7) is 9.53. The van der Waals surface area contributed by atoms with Gasteiger partial charge in [-0.2, -0.15) is 0 Å². The fourth-order valence-electron chi connectivity index (χ4n) is 2.54. The zero-order valence-corrected chi connectivity index (χ0v) is 12.6. The monoisotopic (exact) mass is 288 g/mol. The topological polar surface area (TPSA) is 99.1 Å². The number of aliphatic carboxylic acids is 1. The van der Waals surface area contributed by atoms with Gasteiger partial charge in [0.1, 0.15) is 0 Å². The van der Waals surface area contributed by atoms with Crippen molar-refractivity contribution in [2.45, 2.75) is 58.0 Å². The summed E-state index contributed by atoms with van der Waals surface area (Å²) < 4.78 is 5.85. The van der Waals surface area contributed by atoms with Crippen LogP contribution in [0.1, 0.15) is 34.6 Å². The average molecular weight is 288 g/mol. The number of hydrogen-bond acceptors (Lipinski definition) is 4. The lowest BCUT2D eigenvalue weighted by Gasteiger charge is -2.47. The highest BCUT2D eigenvalue weighted by Gasteiger charge is 2.40. The van der Waals surface area contributed by atoms with E-state index in [-0.39, 0.29) is 0 Å². The number of ether oxygens (including phenoxy) is 1. The maximum absolute atomic E-state index is 12.2. The predicted octanol–water partition coefficient (Wildman–Crippen LogP) is 0.419. The van der Waals surface area contributed by atoms with Crippen molar-refractivity contribution in [2.75, 3.05) is 13.1 Å². The average Bonchev–Trinajstić information content (AvgIpc) is 2.19. The molecule has 0 radical (unpaired) electrons. The summed E-state index contributed by atoms with van der Waals surface area (Å²) in [6, 6.07) is -1.83. The molecular weight excluding hydrogens is 264 g/mol. The lowest BCUT2D eigenvalue weighted by Crippen LogP contribution is -2.62. The van der Waals surface area contributed by atoms with E-state index in [2.05, 4.69) is 5.32 Å². The second kappa shape index (κ2) is 5.57. The minimum Gasteiger partial charge on any atom is -0.480 e. The van der Waals surface area contributed by atoms with Gasteiger partial charge in [-0.05, 0) is 34.6 Å². The Balaban J connectivity index is 2.78. The normalized spacial score (nSPS) is 23.8. The molecule has 20 heavy (non-hydrogen) atoms. The number of aliphatic hydroxyl groups excluding tert-OH is 1. The number of nitrogens with zero attached hydrogens (tertiary/aromatic N) is 1. The Morgan fingerprint density at radius 2 is 1.65 bits per heavy atom. The highest BCUT2D eigenvalue weighted by Crippen LogP contribution is 2.27. The van der Waals surface area contributed by atoms with Crippen molar-refractivity contribution >= 4 is 12.0 Å². The number of carboxylic acids is 1. The molecule has 0 saturated carbocycles. The first-order valence-corrected chi connectivity index (χ1v) is 6.60. The lowest BCUT2D eigenvalue weighted by atomic mass is 9.99. The maximum atomic E-state index is 12.2. The highest BCUT2D eigenvalue weighted by atomic mass is 16.5. The fourth-order valence-corrected chi connectivity index (χ4v) is 2.54. The molecule has 0 bridgehead atoms. The van der Waals surface area contributed by atoms with Gasteiger partial charge < -0.3 is 25.2 Å². The van der Waals surface area contributed by atoms with Gasteiger partial charge in [-0.1, -0.05) is 0 Å². The standard InChI is InChI=1S/C13H24N2O5/c1-8(16)9(10(17)18)14-11(19)15-6-12(2,3)20-13(4,5)7-15/h8-9,16H,6-7H2,1-5H3,(H,14,19)(H,17,18)/t8-,9+/m1/s1. The minimum atomic E-state index is -1.32. The molecule has 116 valence electrons. The van der Waals surface area contributed by atoms with Crippen molar-refractivity contribution in [3.63, 3.8) is 0 Å². The summed E-state index contributed by atoms with van der Waals surface area (Å²) in [6.07, 6.45) is -1.17. The fraction of sp³-hybridized carbons (Fsp3) is 0.846. The molecule has 0 spiro atoms. The molecule has 0 aromatic heterocycles. The summed E-state index contributed by atoms with van der Waals surface area (Å²) >= 11 is 0. The molecule has 7 nitrogen and oxygen atoms in total. The molecule has 0 unspecified atom stereocenters. The summed E-state index contributed by atoms with van der Waals surface area (Å²) in [5.74, 6) is -1.26. The molecule has 7 heteroatoms. The Bertz CT molecular complexity index is 376. The van der Waals surface area contributed by atoms with Gasteiger partial charge in [-0.25, -0.2) is 9.59 Å². The Hall–Kier alpha value is -1.34. The smallest absolute Gasteiger partial charge is 0.328 e. The van der Waals surface area contributed by atoms with E-state index in [1.165, 1.54) is 11.8 Å². The second-order valence-corrected chi connectivity index (χ2v) is 6.48. The van der Waals surface area contributed by atoms with Gasteiger partial charge in [0.05, 0.1) is 30.4 Å². The minimum absolute atomic E-state index is 0.356. The van der Waals surface area contributed by atoms with Gasteiger partial charge >= 0.3 is 12.0 Å². The van der Waals surface area contributed by atoms with E-state index in [1.807, 2.05) is 27.7 Å². The summed E-state index contributed by atoms with van der Waals surface area (Å²) in [7, 11) is 0. The zero-order chi connectivity index (χ0) is 15.7. The van der Waals surface area contributed by atoms with E-state index in [1.54, 1.807) is 0 Å². The first kappa shape index (κ1) is 16.7. The second-order valence-electron chi connectivity index (χ2n) is 6.48. The Kier molecular flexibility index (Phi) is 4.66. The molecule has 3 N–H and O–H groups in total. The van der Waals surface area contributed by atoms with Crippen LogP contribution in [-0.2, 0) is 9.53 Å². The molecule has 1 fully saturated rings. The number of urea groups is 1. The van der Waals surface area contributed by atoms with E-state index < -0.39 is 35.3 Å². The molecule has 0 aromatic carbocycles. The third kappa shape index (κ3) is 4.35. The van der Waals surface area contributed by atoms with Crippen LogP contribution in [0, 0.1) is 0 Å².